The van der Waals surface area contributed by atoms with Gasteiger partial charge in [0, 0.05) is 11.8 Å². The maximum absolute atomic E-state index is 10.8. The molecule has 0 unspecified atom stereocenters. The van der Waals surface area contributed by atoms with E-state index in [1.165, 1.54) is 0 Å². The van der Waals surface area contributed by atoms with Gasteiger partial charge in [0.25, 0.3) is 0 Å². The number of ketones is 1. The highest BCUT2D eigenvalue weighted by Crippen LogP contribution is 2.10. The molecule has 2 heteroatoms. The Hall–Kier alpha value is -0.370. The zero-order valence-corrected chi connectivity index (χ0v) is 12.2. The van der Waals surface area contributed by atoms with E-state index >= 15 is 0 Å². The Kier molecular flexibility index (Phi) is 9.84. The second-order valence-corrected chi connectivity index (χ2v) is 5.69. The third-order valence-electron chi connectivity index (χ3n) is 2.50. The number of hydrogen-bond donors (Lipinski definition) is 1. The van der Waals surface area contributed by atoms with Crippen LogP contribution in [0, 0.1) is 23.7 Å². The van der Waals surface area contributed by atoms with E-state index in [0.717, 1.165) is 0 Å². The molecule has 0 rings (SSSR count). The van der Waals surface area contributed by atoms with Crippen LogP contribution in [0.2, 0.25) is 0 Å². The molecule has 0 aliphatic carbocycles. The van der Waals surface area contributed by atoms with Gasteiger partial charge in [-0.25, -0.2) is 0 Å². The van der Waals surface area contributed by atoms with E-state index in [2.05, 4.69) is 0 Å². The topological polar surface area (TPSA) is 37.3 Å². The van der Waals surface area contributed by atoms with Gasteiger partial charge in [0.1, 0.15) is 5.78 Å². The Bertz CT molecular complexity index is 163. The first-order chi connectivity index (χ1) is 7.11. The molecule has 98 valence electrons. The third kappa shape index (κ3) is 8.90. The molecule has 0 saturated carbocycles. The number of aliphatic hydroxyl groups excluding tert-OH is 1. The van der Waals surface area contributed by atoms with Crippen molar-refractivity contribution in [1.82, 2.24) is 0 Å². The first-order valence-corrected chi connectivity index (χ1v) is 6.33. The van der Waals surface area contributed by atoms with Gasteiger partial charge in [-0.2, -0.15) is 0 Å². The van der Waals surface area contributed by atoms with Gasteiger partial charge in [-0.3, -0.25) is 4.79 Å². The lowest BCUT2D eigenvalue weighted by Crippen LogP contribution is -2.20. The molecule has 0 aromatic rings. The van der Waals surface area contributed by atoms with Gasteiger partial charge in [0.15, 0.2) is 0 Å². The van der Waals surface area contributed by atoms with E-state index < -0.39 is 0 Å². The monoisotopic (exact) mass is 230 g/mol. The second-order valence-electron chi connectivity index (χ2n) is 5.69. The number of Topliss-reactive ketones (excluding diaryl/α,β-unsaturated/α-hetero) is 1. The summed E-state index contributed by atoms with van der Waals surface area (Å²) in [5, 5.41) is 9.20. The van der Waals surface area contributed by atoms with Crippen LogP contribution in [0.15, 0.2) is 0 Å². The Morgan fingerprint density at radius 1 is 0.750 bits per heavy atom. The first-order valence-electron chi connectivity index (χ1n) is 6.33. The van der Waals surface area contributed by atoms with E-state index in [9.17, 15) is 9.90 Å². The number of rotatable bonds is 4. The van der Waals surface area contributed by atoms with Crippen molar-refractivity contribution in [3.63, 3.8) is 0 Å². The molecule has 0 saturated heterocycles. The number of aliphatic hydroxyl groups is 1. The van der Waals surface area contributed by atoms with E-state index in [-0.39, 0.29) is 17.9 Å². The van der Waals surface area contributed by atoms with Crippen molar-refractivity contribution in [2.45, 2.75) is 61.5 Å². The van der Waals surface area contributed by atoms with Crippen LogP contribution in [-0.2, 0) is 4.79 Å². The summed E-state index contributed by atoms with van der Waals surface area (Å²) in [6, 6.07) is 0. The van der Waals surface area contributed by atoms with E-state index in [0.29, 0.717) is 17.6 Å². The largest absolute Gasteiger partial charge is 0.393 e. The average Bonchev–Trinajstić information content (AvgIpc) is 2.15. The van der Waals surface area contributed by atoms with Crippen LogP contribution in [-0.4, -0.2) is 17.0 Å². The number of hydrogen-bond acceptors (Lipinski definition) is 2. The smallest absolute Gasteiger partial charge is 0.137 e. The van der Waals surface area contributed by atoms with Crippen molar-refractivity contribution in [3.05, 3.63) is 0 Å². The molecule has 0 amide bonds. The summed E-state index contributed by atoms with van der Waals surface area (Å²) in [6.45, 7) is 15.9. The minimum Gasteiger partial charge on any atom is -0.393 e. The van der Waals surface area contributed by atoms with Crippen molar-refractivity contribution in [3.8, 4) is 0 Å². The highest BCUT2D eigenvalue weighted by molar-refractivity contribution is 5.81. The van der Waals surface area contributed by atoms with Crippen LogP contribution in [0.5, 0.6) is 0 Å². The number of carbonyl (C=O) groups excluding carboxylic acids is 1. The normalized spacial score (nSPS) is 11.4. The van der Waals surface area contributed by atoms with Gasteiger partial charge >= 0.3 is 0 Å². The number of carbonyl (C=O) groups is 1. The fourth-order valence-electron chi connectivity index (χ4n) is 1.44. The van der Waals surface area contributed by atoms with Crippen molar-refractivity contribution in [2.24, 2.45) is 23.7 Å². The van der Waals surface area contributed by atoms with Crippen LogP contribution in [0.4, 0.5) is 0 Å². The SMILES string of the molecule is CC(C)C(=O)C(C)C.CC(C)C(O)C(C)C. The van der Waals surface area contributed by atoms with Crippen LogP contribution in [0.25, 0.3) is 0 Å². The predicted octanol–water partition coefficient (Wildman–Crippen LogP) is 3.53. The minimum absolute atomic E-state index is 0.130. The average molecular weight is 230 g/mol. The second kappa shape index (κ2) is 8.74. The molecular formula is C14H30O2. The van der Waals surface area contributed by atoms with E-state index in [1.807, 2.05) is 55.4 Å². The van der Waals surface area contributed by atoms with Crippen LogP contribution < -0.4 is 0 Å². The lowest BCUT2D eigenvalue weighted by molar-refractivity contribution is -0.124. The van der Waals surface area contributed by atoms with E-state index in [4.69, 9.17) is 0 Å². The molecule has 16 heavy (non-hydrogen) atoms. The summed E-state index contributed by atoms with van der Waals surface area (Å²) < 4.78 is 0. The minimum atomic E-state index is -0.130. The summed E-state index contributed by atoms with van der Waals surface area (Å²) >= 11 is 0. The van der Waals surface area contributed by atoms with Crippen molar-refractivity contribution in [2.75, 3.05) is 0 Å². The molecule has 0 heterocycles. The molecule has 1 N–H and O–H groups in total. The summed E-state index contributed by atoms with van der Waals surface area (Å²) in [6.07, 6.45) is -0.130. The summed E-state index contributed by atoms with van der Waals surface area (Å²) in [7, 11) is 0. The fourth-order valence-corrected chi connectivity index (χ4v) is 1.44. The van der Waals surface area contributed by atoms with Gasteiger partial charge in [-0.05, 0) is 11.8 Å². The molecule has 0 spiro atoms. The summed E-state index contributed by atoms with van der Waals surface area (Å²) in [4.78, 5) is 10.8. The van der Waals surface area contributed by atoms with E-state index in [1.54, 1.807) is 0 Å². The Morgan fingerprint density at radius 3 is 1.00 bits per heavy atom. The predicted molar refractivity (Wildman–Crippen MR) is 70.4 cm³/mol. The Labute approximate surface area is 101 Å². The molecule has 0 aromatic carbocycles. The third-order valence-corrected chi connectivity index (χ3v) is 2.50. The zero-order chi connectivity index (χ0) is 13.5. The molecule has 0 aliphatic rings. The van der Waals surface area contributed by atoms with Gasteiger partial charge in [0.2, 0.25) is 0 Å². The molecule has 2 nitrogen and oxygen atoms in total. The van der Waals surface area contributed by atoms with Gasteiger partial charge in [-0.15, -0.1) is 0 Å². The van der Waals surface area contributed by atoms with Crippen LogP contribution in [0.1, 0.15) is 55.4 Å². The van der Waals surface area contributed by atoms with Gasteiger partial charge in [-0.1, -0.05) is 55.4 Å². The lowest BCUT2D eigenvalue weighted by Gasteiger charge is -2.17. The highest BCUT2D eigenvalue weighted by Gasteiger charge is 2.12. The summed E-state index contributed by atoms with van der Waals surface area (Å²) in [5.41, 5.74) is 0. The Morgan fingerprint density at radius 2 is 1.00 bits per heavy atom. The molecule has 0 bridgehead atoms. The maximum atomic E-state index is 10.8. The quantitative estimate of drug-likeness (QED) is 0.802. The summed E-state index contributed by atoms with van der Waals surface area (Å²) in [5.74, 6) is 1.56. The zero-order valence-electron chi connectivity index (χ0n) is 12.2. The van der Waals surface area contributed by atoms with Gasteiger partial charge < -0.3 is 5.11 Å². The van der Waals surface area contributed by atoms with Crippen molar-refractivity contribution in [1.29, 1.82) is 0 Å². The Balaban J connectivity index is 0. The highest BCUT2D eigenvalue weighted by atomic mass is 16.3. The first kappa shape index (κ1) is 18.0. The molecule has 0 atom stereocenters. The molecular weight excluding hydrogens is 200 g/mol. The van der Waals surface area contributed by atoms with Crippen LogP contribution in [0.3, 0.4) is 0 Å². The molecule has 0 aliphatic heterocycles. The standard InChI is InChI=1S/C7H16O.C7H14O/c2*1-5(2)7(8)6(3)4/h5-8H,1-4H3;5-6H,1-4H3. The molecule has 0 aromatic heterocycles. The maximum Gasteiger partial charge on any atom is 0.137 e. The lowest BCUT2D eigenvalue weighted by atomic mass is 9.97. The fraction of sp³-hybridized carbons (Fsp3) is 0.929. The van der Waals surface area contributed by atoms with Crippen molar-refractivity contribution < 1.29 is 9.90 Å². The molecule has 0 fully saturated rings. The molecule has 0 radical (unpaired) electrons. The van der Waals surface area contributed by atoms with Crippen LogP contribution >= 0.6 is 0 Å². The van der Waals surface area contributed by atoms with Gasteiger partial charge in [0.05, 0.1) is 6.10 Å². The van der Waals surface area contributed by atoms with Crippen molar-refractivity contribution >= 4 is 5.78 Å².